The Morgan fingerprint density at radius 3 is 2.88 bits per heavy atom. The van der Waals surface area contributed by atoms with E-state index in [0.29, 0.717) is 12.2 Å². The third-order valence-corrected chi connectivity index (χ3v) is 1.83. The van der Waals surface area contributed by atoms with E-state index in [1.165, 1.54) is 4.68 Å². The van der Waals surface area contributed by atoms with Gasteiger partial charge in [0, 0.05) is 6.42 Å². The van der Waals surface area contributed by atoms with E-state index in [2.05, 4.69) is 15.6 Å². The van der Waals surface area contributed by atoms with Gasteiger partial charge in [-0.05, 0) is 0 Å². The number of hydrogen-bond acceptors (Lipinski definition) is 5. The van der Waals surface area contributed by atoms with Gasteiger partial charge in [-0.3, -0.25) is 14.3 Å². The van der Waals surface area contributed by atoms with Crippen LogP contribution in [0.5, 0.6) is 0 Å². The van der Waals surface area contributed by atoms with Gasteiger partial charge in [-0.15, -0.1) is 5.10 Å². The number of nitrogens with one attached hydrogen (secondary N) is 1. The van der Waals surface area contributed by atoms with Crippen LogP contribution >= 0.6 is 0 Å². The predicted octanol–water partition coefficient (Wildman–Crippen LogP) is -2.27. The number of amides is 2. The molecule has 0 spiro atoms. The number of aromatic nitrogens is 3. The van der Waals surface area contributed by atoms with Gasteiger partial charge in [0.1, 0.15) is 5.69 Å². The first kappa shape index (κ1) is 12.1. The molecule has 1 rings (SSSR count). The summed E-state index contributed by atoms with van der Waals surface area (Å²) >= 11 is 0. The van der Waals surface area contributed by atoms with E-state index in [4.69, 9.17) is 11.5 Å². The number of nitrogens with zero attached hydrogens (tertiary/aromatic N) is 3. The molecule has 8 heteroatoms. The molecule has 0 atom stereocenters. The third kappa shape index (κ3) is 4.05. The van der Waals surface area contributed by atoms with Gasteiger partial charge in [0.2, 0.25) is 11.8 Å². The number of primary amides is 1. The first-order valence-electron chi connectivity index (χ1n) is 4.76. The Hall–Kier alpha value is -1.96. The standard InChI is InChI=1S/C8H14N6O2/c9-3-8(16)11-4-6-5-14(13-12-6)2-1-7(10)15/h5H,1-4,9H2,(H2,10,15)(H,11,16). The Kier molecular flexibility index (Phi) is 4.40. The summed E-state index contributed by atoms with van der Waals surface area (Å²) in [5.74, 6) is -0.653. The third-order valence-electron chi connectivity index (χ3n) is 1.83. The molecular weight excluding hydrogens is 212 g/mol. The van der Waals surface area contributed by atoms with Crippen molar-refractivity contribution in [3.05, 3.63) is 11.9 Å². The minimum absolute atomic E-state index is 0.0597. The van der Waals surface area contributed by atoms with Gasteiger partial charge >= 0.3 is 0 Å². The Morgan fingerprint density at radius 1 is 1.50 bits per heavy atom. The monoisotopic (exact) mass is 226 g/mol. The molecule has 0 saturated carbocycles. The fraction of sp³-hybridized carbons (Fsp3) is 0.500. The lowest BCUT2D eigenvalue weighted by molar-refractivity contribution is -0.120. The molecule has 1 aromatic rings. The van der Waals surface area contributed by atoms with E-state index >= 15 is 0 Å². The molecule has 1 aromatic heterocycles. The number of nitrogens with two attached hydrogens (primary N) is 2. The summed E-state index contributed by atoms with van der Waals surface area (Å²) in [6.45, 7) is 0.593. The van der Waals surface area contributed by atoms with Gasteiger partial charge in [0.25, 0.3) is 0 Å². The van der Waals surface area contributed by atoms with Gasteiger partial charge < -0.3 is 16.8 Å². The molecule has 0 unspecified atom stereocenters. The summed E-state index contributed by atoms with van der Waals surface area (Å²) in [6, 6.07) is 0. The fourth-order valence-corrected chi connectivity index (χ4v) is 1.01. The number of aryl methyl sites for hydroxylation is 1. The van der Waals surface area contributed by atoms with Crippen molar-refractivity contribution in [1.29, 1.82) is 0 Å². The minimum Gasteiger partial charge on any atom is -0.370 e. The first-order valence-corrected chi connectivity index (χ1v) is 4.76. The van der Waals surface area contributed by atoms with E-state index in [1.54, 1.807) is 6.20 Å². The largest absolute Gasteiger partial charge is 0.370 e. The van der Waals surface area contributed by atoms with Crippen LogP contribution in [0.2, 0.25) is 0 Å². The highest BCUT2D eigenvalue weighted by Crippen LogP contribution is 1.94. The number of rotatable bonds is 6. The van der Waals surface area contributed by atoms with Crippen molar-refractivity contribution < 1.29 is 9.59 Å². The van der Waals surface area contributed by atoms with Gasteiger partial charge in [0.15, 0.2) is 0 Å². The van der Waals surface area contributed by atoms with Crippen LogP contribution in [0.3, 0.4) is 0 Å². The fourth-order valence-electron chi connectivity index (χ4n) is 1.01. The molecule has 0 aliphatic rings. The molecular formula is C8H14N6O2. The van der Waals surface area contributed by atoms with E-state index in [9.17, 15) is 9.59 Å². The maximum atomic E-state index is 10.9. The molecule has 0 radical (unpaired) electrons. The normalized spacial score (nSPS) is 10.1. The van der Waals surface area contributed by atoms with Crippen molar-refractivity contribution in [2.24, 2.45) is 11.5 Å². The Balaban J connectivity index is 2.39. The van der Waals surface area contributed by atoms with E-state index in [0.717, 1.165) is 0 Å². The van der Waals surface area contributed by atoms with Crippen molar-refractivity contribution >= 4 is 11.8 Å². The molecule has 0 aliphatic heterocycles. The molecule has 2 amide bonds. The maximum absolute atomic E-state index is 10.9. The molecule has 0 aromatic carbocycles. The van der Waals surface area contributed by atoms with E-state index in [-0.39, 0.29) is 25.4 Å². The van der Waals surface area contributed by atoms with Crippen LogP contribution in [0.25, 0.3) is 0 Å². The van der Waals surface area contributed by atoms with Crippen molar-refractivity contribution in [3.8, 4) is 0 Å². The van der Waals surface area contributed by atoms with E-state index < -0.39 is 5.91 Å². The smallest absolute Gasteiger partial charge is 0.234 e. The van der Waals surface area contributed by atoms with Gasteiger partial charge in [-0.2, -0.15) is 0 Å². The lowest BCUT2D eigenvalue weighted by atomic mass is 10.4. The van der Waals surface area contributed by atoms with Crippen molar-refractivity contribution in [3.63, 3.8) is 0 Å². The van der Waals surface area contributed by atoms with Crippen LogP contribution in [-0.2, 0) is 22.7 Å². The molecule has 88 valence electrons. The molecule has 0 fully saturated rings. The van der Waals surface area contributed by atoms with Gasteiger partial charge in [-0.25, -0.2) is 0 Å². The quantitative estimate of drug-likeness (QED) is 0.503. The van der Waals surface area contributed by atoms with Crippen LogP contribution < -0.4 is 16.8 Å². The average Bonchev–Trinajstić information content (AvgIpc) is 2.71. The highest BCUT2D eigenvalue weighted by Gasteiger charge is 2.03. The zero-order chi connectivity index (χ0) is 12.0. The van der Waals surface area contributed by atoms with Crippen LogP contribution in [-0.4, -0.2) is 33.4 Å². The molecule has 16 heavy (non-hydrogen) atoms. The molecule has 5 N–H and O–H groups in total. The number of carbonyl (C=O) groups excluding carboxylic acids is 2. The molecule has 0 saturated heterocycles. The Morgan fingerprint density at radius 2 is 2.25 bits per heavy atom. The first-order chi connectivity index (χ1) is 7.61. The lowest BCUT2D eigenvalue weighted by Crippen LogP contribution is -2.29. The lowest BCUT2D eigenvalue weighted by Gasteiger charge is -1.98. The summed E-state index contributed by atoms with van der Waals surface area (Å²) in [5, 5.41) is 10.1. The number of hydrogen-bond donors (Lipinski definition) is 3. The van der Waals surface area contributed by atoms with Crippen molar-refractivity contribution in [1.82, 2.24) is 20.3 Å². The van der Waals surface area contributed by atoms with Crippen LogP contribution in [0, 0.1) is 0 Å². The summed E-state index contributed by atoms with van der Waals surface area (Å²) in [6.07, 6.45) is 1.84. The SMILES string of the molecule is NCC(=O)NCc1cn(CCC(N)=O)nn1. The van der Waals surface area contributed by atoms with Gasteiger partial charge in [0.05, 0.1) is 25.8 Å². The Labute approximate surface area is 92.0 Å². The summed E-state index contributed by atoms with van der Waals surface area (Å²) in [5.41, 5.74) is 10.7. The van der Waals surface area contributed by atoms with Crippen molar-refractivity contribution in [2.45, 2.75) is 19.5 Å². The minimum atomic E-state index is -0.395. The van der Waals surface area contributed by atoms with Crippen LogP contribution in [0.15, 0.2) is 6.20 Å². The molecule has 0 aliphatic carbocycles. The summed E-state index contributed by atoms with van der Waals surface area (Å²) in [7, 11) is 0. The molecule has 8 nitrogen and oxygen atoms in total. The number of carbonyl (C=O) groups is 2. The average molecular weight is 226 g/mol. The molecule has 0 bridgehead atoms. The molecule has 1 heterocycles. The van der Waals surface area contributed by atoms with Crippen LogP contribution in [0.4, 0.5) is 0 Å². The Bertz CT molecular complexity index is 374. The zero-order valence-corrected chi connectivity index (χ0v) is 8.72. The second kappa shape index (κ2) is 5.81. The van der Waals surface area contributed by atoms with Gasteiger partial charge in [-0.1, -0.05) is 5.21 Å². The zero-order valence-electron chi connectivity index (χ0n) is 8.72. The van der Waals surface area contributed by atoms with E-state index in [1.807, 2.05) is 0 Å². The summed E-state index contributed by atoms with van der Waals surface area (Å²) in [4.78, 5) is 21.4. The van der Waals surface area contributed by atoms with Crippen LogP contribution in [0.1, 0.15) is 12.1 Å². The highest BCUT2D eigenvalue weighted by molar-refractivity contribution is 5.77. The topological polar surface area (TPSA) is 129 Å². The second-order valence-corrected chi connectivity index (χ2v) is 3.17. The highest BCUT2D eigenvalue weighted by atomic mass is 16.2. The van der Waals surface area contributed by atoms with Crippen molar-refractivity contribution in [2.75, 3.05) is 6.54 Å². The maximum Gasteiger partial charge on any atom is 0.234 e. The predicted molar refractivity (Wildman–Crippen MR) is 54.7 cm³/mol. The second-order valence-electron chi connectivity index (χ2n) is 3.17. The summed E-state index contributed by atoms with van der Waals surface area (Å²) < 4.78 is 1.49.